The van der Waals surface area contributed by atoms with Crippen LogP contribution in [-0.2, 0) is 5.41 Å². The monoisotopic (exact) mass is 301 g/mol. The molecule has 1 atom stereocenters. The summed E-state index contributed by atoms with van der Waals surface area (Å²) < 4.78 is 0. The van der Waals surface area contributed by atoms with E-state index in [1.165, 1.54) is 63.7 Å². The first kappa shape index (κ1) is 17.4. The first-order chi connectivity index (χ1) is 10.5. The van der Waals surface area contributed by atoms with E-state index in [9.17, 15) is 0 Å². The SMILES string of the molecule is CCCCCCCCN1CC(C)CC(C)(C)c2ccccc21. The second-order valence-corrected chi connectivity index (χ2v) is 7.92. The molecule has 0 radical (unpaired) electrons. The van der Waals surface area contributed by atoms with Crippen LogP contribution in [0.1, 0.15) is 78.2 Å². The molecule has 1 aromatic carbocycles. The van der Waals surface area contributed by atoms with Gasteiger partial charge in [0.1, 0.15) is 0 Å². The van der Waals surface area contributed by atoms with E-state index < -0.39 is 0 Å². The predicted octanol–water partition coefficient (Wildman–Crippen LogP) is 6.17. The van der Waals surface area contributed by atoms with Crippen LogP contribution in [0.3, 0.4) is 0 Å². The van der Waals surface area contributed by atoms with E-state index in [0.717, 1.165) is 5.92 Å². The smallest absolute Gasteiger partial charge is 0.0404 e. The van der Waals surface area contributed by atoms with Crippen LogP contribution in [0, 0.1) is 5.92 Å². The quantitative estimate of drug-likeness (QED) is 0.544. The van der Waals surface area contributed by atoms with Gasteiger partial charge in [-0.3, -0.25) is 0 Å². The molecule has 0 aliphatic carbocycles. The van der Waals surface area contributed by atoms with Gasteiger partial charge in [-0.15, -0.1) is 0 Å². The van der Waals surface area contributed by atoms with Crippen molar-refractivity contribution < 1.29 is 0 Å². The Kier molecular flexibility index (Phi) is 6.35. The first-order valence-corrected chi connectivity index (χ1v) is 9.39. The number of benzene rings is 1. The summed E-state index contributed by atoms with van der Waals surface area (Å²) in [7, 11) is 0. The van der Waals surface area contributed by atoms with Crippen LogP contribution >= 0.6 is 0 Å². The number of fused-ring (bicyclic) bond motifs is 1. The maximum Gasteiger partial charge on any atom is 0.0404 e. The van der Waals surface area contributed by atoms with E-state index in [4.69, 9.17) is 0 Å². The molecule has 0 aromatic heterocycles. The number of anilines is 1. The van der Waals surface area contributed by atoms with Gasteiger partial charge < -0.3 is 4.90 Å². The maximum atomic E-state index is 2.66. The van der Waals surface area contributed by atoms with Crippen molar-refractivity contribution in [1.82, 2.24) is 0 Å². The van der Waals surface area contributed by atoms with Crippen molar-refractivity contribution in [3.8, 4) is 0 Å². The van der Waals surface area contributed by atoms with Gasteiger partial charge in [0.15, 0.2) is 0 Å². The van der Waals surface area contributed by atoms with E-state index in [2.05, 4.69) is 56.9 Å². The number of hydrogen-bond acceptors (Lipinski definition) is 1. The number of hydrogen-bond donors (Lipinski definition) is 0. The normalized spacial score (nSPS) is 20.5. The lowest BCUT2D eigenvalue weighted by atomic mass is 9.78. The van der Waals surface area contributed by atoms with Crippen molar-refractivity contribution in [3.63, 3.8) is 0 Å². The third-order valence-electron chi connectivity index (χ3n) is 5.15. The van der Waals surface area contributed by atoms with Gasteiger partial charge in [-0.2, -0.15) is 0 Å². The molecule has 1 heteroatoms. The molecule has 2 rings (SSSR count). The Hall–Kier alpha value is -0.980. The van der Waals surface area contributed by atoms with Crippen molar-refractivity contribution in [2.24, 2.45) is 5.92 Å². The van der Waals surface area contributed by atoms with Crippen LogP contribution in [0.5, 0.6) is 0 Å². The number of para-hydroxylation sites is 1. The lowest BCUT2D eigenvalue weighted by Gasteiger charge is -2.28. The average Bonchev–Trinajstić information content (AvgIpc) is 2.58. The van der Waals surface area contributed by atoms with Gasteiger partial charge in [-0.1, -0.05) is 78.0 Å². The fraction of sp³-hybridized carbons (Fsp3) is 0.714. The summed E-state index contributed by atoms with van der Waals surface area (Å²) in [5, 5.41) is 0. The van der Waals surface area contributed by atoms with Crippen LogP contribution < -0.4 is 4.90 Å². The molecule has 22 heavy (non-hydrogen) atoms. The molecular weight excluding hydrogens is 266 g/mol. The van der Waals surface area contributed by atoms with Crippen LogP contribution in [0.4, 0.5) is 5.69 Å². The van der Waals surface area contributed by atoms with Crippen molar-refractivity contribution in [3.05, 3.63) is 29.8 Å². The van der Waals surface area contributed by atoms with E-state index >= 15 is 0 Å². The highest BCUT2D eigenvalue weighted by atomic mass is 15.1. The summed E-state index contributed by atoms with van der Waals surface area (Å²) in [5.41, 5.74) is 3.34. The number of unbranched alkanes of at least 4 members (excludes halogenated alkanes) is 5. The molecule has 0 spiro atoms. The molecule has 124 valence electrons. The van der Waals surface area contributed by atoms with Crippen molar-refractivity contribution >= 4 is 5.69 Å². The van der Waals surface area contributed by atoms with Crippen LogP contribution in [0.15, 0.2) is 24.3 Å². The third-order valence-corrected chi connectivity index (χ3v) is 5.15. The lowest BCUT2D eigenvalue weighted by molar-refractivity contribution is 0.393. The van der Waals surface area contributed by atoms with E-state index in [1.807, 2.05) is 0 Å². The van der Waals surface area contributed by atoms with E-state index in [0.29, 0.717) is 5.41 Å². The van der Waals surface area contributed by atoms with Crippen molar-refractivity contribution in [1.29, 1.82) is 0 Å². The Morgan fingerprint density at radius 2 is 1.73 bits per heavy atom. The fourth-order valence-corrected chi connectivity index (χ4v) is 4.14. The molecule has 0 amide bonds. The first-order valence-electron chi connectivity index (χ1n) is 9.39. The topological polar surface area (TPSA) is 3.24 Å². The van der Waals surface area contributed by atoms with Gasteiger partial charge in [0, 0.05) is 18.8 Å². The Morgan fingerprint density at radius 3 is 2.50 bits per heavy atom. The molecule has 1 aliphatic rings. The highest BCUT2D eigenvalue weighted by Gasteiger charge is 2.31. The molecule has 1 nitrogen and oxygen atoms in total. The van der Waals surface area contributed by atoms with E-state index in [1.54, 1.807) is 5.56 Å². The molecule has 0 saturated carbocycles. The van der Waals surface area contributed by atoms with Gasteiger partial charge in [-0.05, 0) is 35.8 Å². The van der Waals surface area contributed by atoms with Crippen molar-refractivity contribution in [2.45, 2.75) is 78.1 Å². The largest absolute Gasteiger partial charge is 0.371 e. The zero-order valence-electron chi connectivity index (χ0n) is 15.2. The highest BCUT2D eigenvalue weighted by molar-refractivity contribution is 5.57. The Morgan fingerprint density at radius 1 is 1.05 bits per heavy atom. The molecule has 1 heterocycles. The zero-order valence-corrected chi connectivity index (χ0v) is 15.2. The molecule has 1 unspecified atom stereocenters. The summed E-state index contributed by atoms with van der Waals surface area (Å²) in [6, 6.07) is 9.10. The minimum absolute atomic E-state index is 0.298. The molecule has 1 aromatic rings. The van der Waals surface area contributed by atoms with Crippen LogP contribution in [0.25, 0.3) is 0 Å². The number of nitrogens with zero attached hydrogens (tertiary/aromatic N) is 1. The Labute approximate surface area is 138 Å². The summed E-state index contributed by atoms with van der Waals surface area (Å²) in [4.78, 5) is 2.66. The van der Waals surface area contributed by atoms with E-state index in [-0.39, 0.29) is 0 Å². The molecule has 0 bridgehead atoms. The number of rotatable bonds is 7. The average molecular weight is 302 g/mol. The van der Waals surface area contributed by atoms with Crippen LogP contribution in [0.2, 0.25) is 0 Å². The maximum absolute atomic E-state index is 2.66. The Bertz CT molecular complexity index is 449. The third kappa shape index (κ3) is 4.51. The molecule has 1 aliphatic heterocycles. The zero-order chi connectivity index (χ0) is 16.0. The van der Waals surface area contributed by atoms with Gasteiger partial charge in [-0.25, -0.2) is 0 Å². The highest BCUT2D eigenvalue weighted by Crippen LogP contribution is 2.40. The van der Waals surface area contributed by atoms with Crippen LogP contribution in [-0.4, -0.2) is 13.1 Å². The second-order valence-electron chi connectivity index (χ2n) is 7.92. The molecule has 0 fully saturated rings. The summed E-state index contributed by atoms with van der Waals surface area (Å²) in [6.45, 7) is 12.0. The van der Waals surface area contributed by atoms with Gasteiger partial charge in [0.05, 0.1) is 0 Å². The summed E-state index contributed by atoms with van der Waals surface area (Å²) >= 11 is 0. The minimum atomic E-state index is 0.298. The molecule has 0 N–H and O–H groups in total. The van der Waals surface area contributed by atoms with Gasteiger partial charge in [0.2, 0.25) is 0 Å². The second kappa shape index (κ2) is 8.04. The molecule has 0 saturated heterocycles. The van der Waals surface area contributed by atoms with Gasteiger partial charge >= 0.3 is 0 Å². The van der Waals surface area contributed by atoms with Crippen molar-refractivity contribution in [2.75, 3.05) is 18.0 Å². The summed E-state index contributed by atoms with van der Waals surface area (Å²) in [5.74, 6) is 0.766. The minimum Gasteiger partial charge on any atom is -0.371 e. The predicted molar refractivity (Wildman–Crippen MR) is 98.8 cm³/mol. The standard InChI is InChI=1S/C21H35N/c1-5-6-7-8-9-12-15-22-17-18(2)16-21(3,4)19-13-10-11-14-20(19)22/h10-11,13-14,18H,5-9,12,15-17H2,1-4H3. The lowest BCUT2D eigenvalue weighted by Crippen LogP contribution is -2.28. The summed E-state index contributed by atoms with van der Waals surface area (Å²) in [6.07, 6.45) is 9.57. The fourth-order valence-electron chi connectivity index (χ4n) is 4.14. The molecular formula is C21H35N. The van der Waals surface area contributed by atoms with Gasteiger partial charge in [0.25, 0.3) is 0 Å². The Balaban J connectivity index is 2.00.